The summed E-state index contributed by atoms with van der Waals surface area (Å²) >= 11 is 5.84. The lowest BCUT2D eigenvalue weighted by Crippen LogP contribution is -1.99. The molecule has 0 aliphatic heterocycles. The Balaban J connectivity index is 3.24. The third kappa shape index (κ3) is 2.23. The minimum atomic E-state index is -0.525. The minimum Gasteiger partial charge on any atom is -0.492 e. The first kappa shape index (κ1) is 11.0. The molecule has 0 aliphatic rings. The molecule has 1 rings (SSSR count). The van der Waals surface area contributed by atoms with Crippen molar-refractivity contribution < 1.29 is 13.9 Å². The van der Waals surface area contributed by atoms with Crippen molar-refractivity contribution in [2.75, 3.05) is 6.61 Å². The van der Waals surface area contributed by atoms with E-state index in [1.165, 1.54) is 6.92 Å². The SMILES string of the molecule is CCOc1cc(F)cc(C(C)=O)c1Cl. The standard InChI is InChI=1S/C10H10ClFO2/c1-3-14-9-5-7(12)4-8(6(2)13)10(9)11/h4-5H,3H2,1-2H3. The van der Waals surface area contributed by atoms with E-state index in [0.29, 0.717) is 6.61 Å². The van der Waals surface area contributed by atoms with Gasteiger partial charge in [0.25, 0.3) is 0 Å². The van der Waals surface area contributed by atoms with Gasteiger partial charge in [0.05, 0.1) is 11.6 Å². The van der Waals surface area contributed by atoms with Crippen LogP contribution in [0.25, 0.3) is 0 Å². The summed E-state index contributed by atoms with van der Waals surface area (Å²) in [6.07, 6.45) is 0. The molecule has 0 fully saturated rings. The Kier molecular flexibility index (Phi) is 3.47. The maximum Gasteiger partial charge on any atom is 0.161 e. The Morgan fingerprint density at radius 1 is 1.57 bits per heavy atom. The molecule has 0 aromatic heterocycles. The van der Waals surface area contributed by atoms with E-state index in [0.717, 1.165) is 12.1 Å². The summed E-state index contributed by atoms with van der Waals surface area (Å²) in [4.78, 5) is 11.1. The highest BCUT2D eigenvalue weighted by molar-refractivity contribution is 6.35. The summed E-state index contributed by atoms with van der Waals surface area (Å²) in [6, 6.07) is 2.27. The fraction of sp³-hybridized carbons (Fsp3) is 0.300. The van der Waals surface area contributed by atoms with Crippen LogP contribution in [0, 0.1) is 5.82 Å². The van der Waals surface area contributed by atoms with Crippen LogP contribution in [-0.2, 0) is 0 Å². The fourth-order valence-electron chi connectivity index (χ4n) is 1.08. The number of Topliss-reactive ketones (excluding diaryl/α,β-unsaturated/α-hetero) is 1. The van der Waals surface area contributed by atoms with Gasteiger partial charge in [0.15, 0.2) is 5.78 Å². The Morgan fingerprint density at radius 2 is 2.21 bits per heavy atom. The van der Waals surface area contributed by atoms with E-state index in [1.807, 2.05) is 0 Å². The van der Waals surface area contributed by atoms with E-state index in [-0.39, 0.29) is 22.1 Å². The molecule has 2 nitrogen and oxygen atoms in total. The van der Waals surface area contributed by atoms with Crippen LogP contribution in [0.15, 0.2) is 12.1 Å². The number of rotatable bonds is 3. The van der Waals surface area contributed by atoms with Gasteiger partial charge in [-0.15, -0.1) is 0 Å². The Hall–Kier alpha value is -1.09. The average molecular weight is 217 g/mol. The third-order valence-corrected chi connectivity index (χ3v) is 2.07. The van der Waals surface area contributed by atoms with Gasteiger partial charge in [-0.1, -0.05) is 11.6 Å². The van der Waals surface area contributed by atoms with Crippen molar-refractivity contribution >= 4 is 17.4 Å². The number of carbonyl (C=O) groups is 1. The van der Waals surface area contributed by atoms with Gasteiger partial charge in [0, 0.05) is 11.6 Å². The molecule has 0 saturated carbocycles. The minimum absolute atomic E-state index is 0.148. The largest absolute Gasteiger partial charge is 0.492 e. The summed E-state index contributed by atoms with van der Waals surface area (Å²) < 4.78 is 18.1. The lowest BCUT2D eigenvalue weighted by Gasteiger charge is -2.08. The first-order valence-corrected chi connectivity index (χ1v) is 4.56. The number of ether oxygens (including phenoxy) is 1. The normalized spacial score (nSPS) is 10.0. The molecule has 0 saturated heterocycles. The molecule has 4 heteroatoms. The predicted octanol–water partition coefficient (Wildman–Crippen LogP) is 3.08. The maximum absolute atomic E-state index is 13.0. The third-order valence-electron chi connectivity index (χ3n) is 1.68. The second-order valence-electron chi connectivity index (χ2n) is 2.75. The first-order valence-electron chi connectivity index (χ1n) is 4.19. The average Bonchev–Trinajstić information content (AvgIpc) is 2.10. The number of hydrogen-bond acceptors (Lipinski definition) is 2. The van der Waals surface area contributed by atoms with Crippen LogP contribution in [0.2, 0.25) is 5.02 Å². The maximum atomic E-state index is 13.0. The zero-order chi connectivity index (χ0) is 10.7. The van der Waals surface area contributed by atoms with Crippen LogP contribution in [0.3, 0.4) is 0 Å². The smallest absolute Gasteiger partial charge is 0.161 e. The Labute approximate surface area is 86.6 Å². The Morgan fingerprint density at radius 3 is 2.71 bits per heavy atom. The number of ketones is 1. The van der Waals surface area contributed by atoms with Crippen LogP contribution in [0.1, 0.15) is 24.2 Å². The highest BCUT2D eigenvalue weighted by Crippen LogP contribution is 2.29. The molecule has 0 atom stereocenters. The summed E-state index contributed by atoms with van der Waals surface area (Å²) in [5.41, 5.74) is 0.148. The molecule has 0 N–H and O–H groups in total. The topological polar surface area (TPSA) is 26.3 Å². The first-order chi connectivity index (χ1) is 6.56. The van der Waals surface area contributed by atoms with Crippen molar-refractivity contribution in [2.24, 2.45) is 0 Å². The van der Waals surface area contributed by atoms with Gasteiger partial charge in [-0.3, -0.25) is 4.79 Å². The molecule has 0 heterocycles. The Bertz CT molecular complexity index is 363. The van der Waals surface area contributed by atoms with Gasteiger partial charge in [0.1, 0.15) is 11.6 Å². The van der Waals surface area contributed by atoms with Gasteiger partial charge in [-0.25, -0.2) is 4.39 Å². The van der Waals surface area contributed by atoms with E-state index >= 15 is 0 Å². The van der Waals surface area contributed by atoms with Crippen LogP contribution in [0.5, 0.6) is 5.75 Å². The van der Waals surface area contributed by atoms with Gasteiger partial charge in [0.2, 0.25) is 0 Å². The lowest BCUT2D eigenvalue weighted by molar-refractivity contribution is 0.101. The van der Waals surface area contributed by atoms with Crippen LogP contribution in [0.4, 0.5) is 4.39 Å². The summed E-state index contributed by atoms with van der Waals surface area (Å²) in [5, 5.41) is 0.167. The van der Waals surface area contributed by atoms with Crippen molar-refractivity contribution in [3.63, 3.8) is 0 Å². The van der Waals surface area contributed by atoms with E-state index in [1.54, 1.807) is 6.92 Å². The zero-order valence-corrected chi connectivity index (χ0v) is 8.69. The van der Waals surface area contributed by atoms with Gasteiger partial charge >= 0.3 is 0 Å². The molecule has 0 unspecified atom stereocenters. The molecular formula is C10H10ClFO2. The van der Waals surface area contributed by atoms with Gasteiger partial charge < -0.3 is 4.74 Å². The lowest BCUT2D eigenvalue weighted by atomic mass is 10.1. The summed E-state index contributed by atoms with van der Waals surface area (Å²) in [7, 11) is 0. The summed E-state index contributed by atoms with van der Waals surface area (Å²) in [6.45, 7) is 3.46. The van der Waals surface area contributed by atoms with Crippen LogP contribution >= 0.6 is 11.6 Å². The molecule has 0 spiro atoms. The number of halogens is 2. The van der Waals surface area contributed by atoms with Crippen molar-refractivity contribution in [1.82, 2.24) is 0 Å². The molecule has 76 valence electrons. The highest BCUT2D eigenvalue weighted by Gasteiger charge is 2.13. The second kappa shape index (κ2) is 4.42. The van der Waals surface area contributed by atoms with E-state index < -0.39 is 5.82 Å². The van der Waals surface area contributed by atoms with E-state index in [9.17, 15) is 9.18 Å². The zero-order valence-electron chi connectivity index (χ0n) is 7.93. The van der Waals surface area contributed by atoms with Crippen molar-refractivity contribution in [3.8, 4) is 5.75 Å². The van der Waals surface area contributed by atoms with Crippen molar-refractivity contribution in [2.45, 2.75) is 13.8 Å². The molecular weight excluding hydrogens is 207 g/mol. The molecule has 0 radical (unpaired) electrons. The van der Waals surface area contributed by atoms with Crippen molar-refractivity contribution in [3.05, 3.63) is 28.5 Å². The van der Waals surface area contributed by atoms with Gasteiger partial charge in [-0.05, 0) is 19.9 Å². The summed E-state index contributed by atoms with van der Waals surface area (Å²) in [5.74, 6) is -0.599. The highest BCUT2D eigenvalue weighted by atomic mass is 35.5. The van der Waals surface area contributed by atoms with Crippen LogP contribution < -0.4 is 4.74 Å². The van der Waals surface area contributed by atoms with Crippen molar-refractivity contribution in [1.29, 1.82) is 0 Å². The van der Waals surface area contributed by atoms with Gasteiger partial charge in [-0.2, -0.15) is 0 Å². The molecule has 1 aromatic rings. The number of carbonyl (C=O) groups excluding carboxylic acids is 1. The fourth-order valence-corrected chi connectivity index (χ4v) is 1.38. The molecule has 1 aromatic carbocycles. The predicted molar refractivity (Wildman–Crippen MR) is 52.6 cm³/mol. The van der Waals surface area contributed by atoms with E-state index in [2.05, 4.69) is 0 Å². The molecule has 0 bridgehead atoms. The molecule has 14 heavy (non-hydrogen) atoms. The molecule has 0 amide bonds. The monoisotopic (exact) mass is 216 g/mol. The van der Waals surface area contributed by atoms with E-state index in [4.69, 9.17) is 16.3 Å². The molecule has 0 aliphatic carbocycles. The quantitative estimate of drug-likeness (QED) is 0.726. The van der Waals surface area contributed by atoms with Crippen LogP contribution in [-0.4, -0.2) is 12.4 Å². The second-order valence-corrected chi connectivity index (χ2v) is 3.13. The number of hydrogen-bond donors (Lipinski definition) is 0. The number of benzene rings is 1.